The largest absolute Gasteiger partial charge is 0.478 e. The third-order valence-corrected chi connectivity index (χ3v) is 7.47. The van der Waals surface area contributed by atoms with Crippen molar-refractivity contribution in [3.63, 3.8) is 0 Å². The Morgan fingerprint density at radius 1 is 1.03 bits per heavy atom. The maximum absolute atomic E-state index is 11.8. The highest BCUT2D eigenvalue weighted by atomic mass is 79.9. The molecule has 0 fully saturated rings. The summed E-state index contributed by atoms with van der Waals surface area (Å²) < 4.78 is 8.98. The summed E-state index contributed by atoms with van der Waals surface area (Å²) in [6.45, 7) is 4.67. The topological polar surface area (TPSA) is 94.0 Å². The van der Waals surface area contributed by atoms with E-state index in [9.17, 15) is 9.90 Å². The Hall–Kier alpha value is -4.30. The van der Waals surface area contributed by atoms with Gasteiger partial charge >= 0.3 is 5.97 Å². The van der Waals surface area contributed by atoms with Crippen molar-refractivity contribution in [2.45, 2.75) is 26.8 Å². The Kier molecular flexibility index (Phi) is 6.04. The predicted octanol–water partition coefficient (Wildman–Crippen LogP) is 7.29. The lowest BCUT2D eigenvalue weighted by atomic mass is 10.0. The van der Waals surface area contributed by atoms with Crippen LogP contribution in [-0.4, -0.2) is 30.6 Å². The van der Waals surface area contributed by atoms with Crippen LogP contribution in [0.2, 0.25) is 0 Å². The van der Waals surface area contributed by atoms with E-state index in [1.165, 1.54) is 0 Å². The van der Waals surface area contributed by atoms with Gasteiger partial charge in [0.05, 0.1) is 22.3 Å². The molecule has 4 aromatic heterocycles. The average Bonchev–Trinajstić information content (AvgIpc) is 3.45. The molecule has 8 heteroatoms. The van der Waals surface area contributed by atoms with Crippen LogP contribution in [0.1, 0.15) is 34.4 Å². The van der Waals surface area contributed by atoms with Crippen LogP contribution >= 0.6 is 15.9 Å². The first-order valence-corrected chi connectivity index (χ1v) is 13.1. The van der Waals surface area contributed by atoms with Crippen LogP contribution in [0.25, 0.3) is 44.7 Å². The molecular weight excluding hydrogens is 544 g/mol. The highest BCUT2D eigenvalue weighted by Crippen LogP contribution is 2.39. The molecule has 0 spiro atoms. The standard InChI is InChI=1S/C30H23BrN4O3/c1-3-26-34-24-15-21(23-10-6-7-13-32-23)17(2)33-29(24)35(26)16-18-11-12-25-22(14-18)27(31)28(38-25)19-8-4-5-9-20(19)30(36)37/h4-15H,3,16H2,1-2H3,(H,36,37). The number of carboxylic acids is 1. The van der Waals surface area contributed by atoms with Gasteiger partial charge < -0.3 is 14.1 Å². The van der Waals surface area contributed by atoms with E-state index in [4.69, 9.17) is 14.4 Å². The molecule has 0 saturated heterocycles. The zero-order chi connectivity index (χ0) is 26.4. The number of fused-ring (bicyclic) bond motifs is 2. The van der Waals surface area contributed by atoms with Crippen molar-refractivity contribution in [3.8, 4) is 22.6 Å². The summed E-state index contributed by atoms with van der Waals surface area (Å²) >= 11 is 3.67. The number of rotatable bonds is 6. The summed E-state index contributed by atoms with van der Waals surface area (Å²) in [7, 11) is 0. The second-order valence-corrected chi connectivity index (χ2v) is 9.87. The fraction of sp³-hybridized carbons (Fsp3) is 0.133. The van der Waals surface area contributed by atoms with E-state index < -0.39 is 5.97 Å². The summed E-state index contributed by atoms with van der Waals surface area (Å²) in [5.41, 5.74) is 6.88. The maximum Gasteiger partial charge on any atom is 0.336 e. The van der Waals surface area contributed by atoms with Gasteiger partial charge in [-0.1, -0.05) is 37.3 Å². The van der Waals surface area contributed by atoms with E-state index in [-0.39, 0.29) is 5.56 Å². The minimum Gasteiger partial charge on any atom is -0.478 e. The molecule has 2 aromatic carbocycles. The fourth-order valence-corrected chi connectivity index (χ4v) is 5.44. The maximum atomic E-state index is 11.8. The van der Waals surface area contributed by atoms with Gasteiger partial charge in [0.25, 0.3) is 0 Å². The summed E-state index contributed by atoms with van der Waals surface area (Å²) in [6.07, 6.45) is 2.55. The van der Waals surface area contributed by atoms with Crippen LogP contribution in [0.5, 0.6) is 0 Å². The van der Waals surface area contributed by atoms with Gasteiger partial charge in [0, 0.05) is 34.8 Å². The van der Waals surface area contributed by atoms with E-state index in [0.717, 1.165) is 55.8 Å². The monoisotopic (exact) mass is 566 g/mol. The molecule has 188 valence electrons. The molecule has 0 bridgehead atoms. The van der Waals surface area contributed by atoms with E-state index in [1.807, 2.05) is 37.3 Å². The molecule has 0 radical (unpaired) electrons. The van der Waals surface area contributed by atoms with Crippen LogP contribution in [0.4, 0.5) is 0 Å². The highest BCUT2D eigenvalue weighted by molar-refractivity contribution is 9.10. The van der Waals surface area contributed by atoms with Crippen molar-refractivity contribution >= 4 is 44.0 Å². The van der Waals surface area contributed by atoms with Gasteiger partial charge in [0.15, 0.2) is 5.65 Å². The Bertz CT molecular complexity index is 1840. The molecule has 6 aromatic rings. The number of aromatic carboxylic acids is 1. The van der Waals surface area contributed by atoms with Crippen molar-refractivity contribution in [2.24, 2.45) is 0 Å². The number of halogens is 1. The first-order chi connectivity index (χ1) is 18.4. The molecule has 7 nitrogen and oxygen atoms in total. The van der Waals surface area contributed by atoms with Crippen molar-refractivity contribution in [3.05, 3.63) is 100 Å². The molecular formula is C30H23BrN4O3. The summed E-state index contributed by atoms with van der Waals surface area (Å²) in [5, 5.41) is 10.5. The molecule has 0 atom stereocenters. The van der Waals surface area contributed by atoms with Crippen LogP contribution in [0, 0.1) is 6.92 Å². The lowest BCUT2D eigenvalue weighted by Crippen LogP contribution is -2.05. The van der Waals surface area contributed by atoms with Crippen LogP contribution in [0.3, 0.4) is 0 Å². The number of aryl methyl sites for hydroxylation is 2. The molecule has 0 saturated carbocycles. The van der Waals surface area contributed by atoms with Crippen LogP contribution in [0.15, 0.2) is 81.8 Å². The van der Waals surface area contributed by atoms with Crippen LogP contribution in [-0.2, 0) is 13.0 Å². The fourth-order valence-electron chi connectivity index (χ4n) is 4.84. The summed E-state index contributed by atoms with van der Waals surface area (Å²) in [5.74, 6) is 0.450. The molecule has 38 heavy (non-hydrogen) atoms. The second-order valence-electron chi connectivity index (χ2n) is 9.07. The molecule has 0 unspecified atom stereocenters. The van der Waals surface area contributed by atoms with Gasteiger partial charge in [-0.25, -0.2) is 14.8 Å². The van der Waals surface area contributed by atoms with Crippen molar-refractivity contribution in [2.75, 3.05) is 0 Å². The Morgan fingerprint density at radius 2 is 1.84 bits per heavy atom. The number of aromatic nitrogens is 4. The van der Waals surface area contributed by atoms with E-state index in [1.54, 1.807) is 30.5 Å². The third kappa shape index (κ3) is 4.07. The molecule has 0 amide bonds. The number of imidazole rings is 1. The van der Waals surface area contributed by atoms with E-state index in [2.05, 4.69) is 44.5 Å². The zero-order valence-corrected chi connectivity index (χ0v) is 22.4. The van der Waals surface area contributed by atoms with Gasteiger partial charge in [0.2, 0.25) is 0 Å². The Balaban J connectivity index is 1.42. The minimum atomic E-state index is -0.998. The highest BCUT2D eigenvalue weighted by Gasteiger charge is 2.20. The van der Waals surface area contributed by atoms with Gasteiger partial charge in [0.1, 0.15) is 22.7 Å². The molecule has 0 aliphatic carbocycles. The van der Waals surface area contributed by atoms with Gasteiger partial charge in [-0.05, 0) is 64.8 Å². The van der Waals surface area contributed by atoms with Crippen LogP contribution < -0.4 is 0 Å². The zero-order valence-electron chi connectivity index (χ0n) is 20.8. The molecule has 1 N–H and O–H groups in total. The summed E-state index contributed by atoms with van der Waals surface area (Å²) in [4.78, 5) is 26.1. The van der Waals surface area contributed by atoms with E-state index >= 15 is 0 Å². The number of carbonyl (C=O) groups is 1. The molecule has 6 rings (SSSR count). The lowest BCUT2D eigenvalue weighted by molar-refractivity contribution is 0.0697. The number of hydrogen-bond acceptors (Lipinski definition) is 5. The van der Waals surface area contributed by atoms with Gasteiger partial charge in [-0.15, -0.1) is 0 Å². The normalized spacial score (nSPS) is 11.4. The summed E-state index contributed by atoms with van der Waals surface area (Å²) in [6, 6.07) is 20.8. The Labute approximate surface area is 226 Å². The number of benzene rings is 2. The molecule has 0 aliphatic rings. The number of pyridine rings is 2. The second kappa shape index (κ2) is 9.54. The predicted molar refractivity (Wildman–Crippen MR) is 150 cm³/mol. The number of hydrogen-bond donors (Lipinski definition) is 1. The SMILES string of the molecule is CCc1nc2cc(-c3ccccn3)c(C)nc2n1Cc1ccc2oc(-c3ccccc3C(=O)O)c(Br)c2c1. The van der Waals surface area contributed by atoms with Gasteiger partial charge in [-0.2, -0.15) is 0 Å². The first-order valence-electron chi connectivity index (χ1n) is 12.3. The van der Waals surface area contributed by atoms with Gasteiger partial charge in [-0.3, -0.25) is 4.98 Å². The van der Waals surface area contributed by atoms with Crippen molar-refractivity contribution < 1.29 is 14.3 Å². The average molecular weight is 567 g/mol. The number of furan rings is 1. The van der Waals surface area contributed by atoms with Crippen molar-refractivity contribution in [1.82, 2.24) is 19.5 Å². The Morgan fingerprint density at radius 3 is 2.61 bits per heavy atom. The quantitative estimate of drug-likeness (QED) is 0.227. The number of nitrogens with zero attached hydrogens (tertiary/aromatic N) is 4. The first kappa shape index (κ1) is 24.1. The molecule has 4 heterocycles. The van der Waals surface area contributed by atoms with E-state index in [0.29, 0.717) is 23.5 Å². The molecule has 0 aliphatic heterocycles. The smallest absolute Gasteiger partial charge is 0.336 e. The van der Waals surface area contributed by atoms with Crippen molar-refractivity contribution in [1.29, 1.82) is 0 Å². The third-order valence-electron chi connectivity index (χ3n) is 6.68. The lowest BCUT2D eigenvalue weighted by Gasteiger charge is -2.09. The number of carboxylic acid groups (broad SMARTS) is 1. The minimum absolute atomic E-state index is 0.191.